The quantitative estimate of drug-likeness (QED) is 0.301. The van der Waals surface area contributed by atoms with Crippen molar-refractivity contribution in [1.29, 1.82) is 0 Å². The predicted octanol–water partition coefficient (Wildman–Crippen LogP) is 4.95. The minimum Gasteiger partial charge on any atom is -0.354 e. The lowest BCUT2D eigenvalue weighted by molar-refractivity contribution is -0.141. The summed E-state index contributed by atoms with van der Waals surface area (Å²) < 4.78 is 26.4. The third-order valence-electron chi connectivity index (χ3n) is 6.75. The van der Waals surface area contributed by atoms with Gasteiger partial charge in [0.1, 0.15) is 6.04 Å². The number of hydrogen-bond donors (Lipinski definition) is 1. The molecule has 0 aliphatic rings. The van der Waals surface area contributed by atoms with Crippen molar-refractivity contribution < 1.29 is 18.0 Å². The van der Waals surface area contributed by atoms with Gasteiger partial charge in [-0.3, -0.25) is 13.9 Å². The summed E-state index contributed by atoms with van der Waals surface area (Å²) in [5, 5.41) is 3.03. The van der Waals surface area contributed by atoms with Gasteiger partial charge in [-0.25, -0.2) is 8.42 Å². The number of sulfonamides is 1. The second-order valence-electron chi connectivity index (χ2n) is 10.6. The maximum atomic E-state index is 13.9. The van der Waals surface area contributed by atoms with E-state index in [1.54, 1.807) is 29.2 Å². The van der Waals surface area contributed by atoms with Crippen LogP contribution in [0.15, 0.2) is 84.9 Å². The van der Waals surface area contributed by atoms with Crippen LogP contribution in [-0.2, 0) is 32.6 Å². The van der Waals surface area contributed by atoms with E-state index in [-0.39, 0.29) is 37.2 Å². The first-order chi connectivity index (χ1) is 19.1. The molecule has 0 unspecified atom stereocenters. The summed E-state index contributed by atoms with van der Waals surface area (Å²) in [5.74, 6) is -0.117. The number of aryl methyl sites for hydroxylation is 1. The minimum absolute atomic E-state index is 0.105. The first kappa shape index (κ1) is 30.9. The van der Waals surface area contributed by atoms with Gasteiger partial charge in [-0.15, -0.1) is 0 Å². The molecule has 0 bridgehead atoms. The number of nitrogens with zero attached hydrogens (tertiary/aromatic N) is 2. The Balaban J connectivity index is 1.88. The third kappa shape index (κ3) is 9.23. The molecule has 0 spiro atoms. The molecule has 1 atom stereocenters. The van der Waals surface area contributed by atoms with E-state index in [2.05, 4.69) is 5.32 Å². The monoisotopic (exact) mass is 563 g/mol. The van der Waals surface area contributed by atoms with Gasteiger partial charge in [-0.1, -0.05) is 86.6 Å². The molecule has 1 N–H and O–H groups in total. The van der Waals surface area contributed by atoms with Crippen molar-refractivity contribution in [3.8, 4) is 0 Å². The molecular formula is C32H41N3O4S. The average Bonchev–Trinajstić information content (AvgIpc) is 2.92. The van der Waals surface area contributed by atoms with Crippen molar-refractivity contribution in [3.05, 3.63) is 102 Å². The number of hydrogen-bond acceptors (Lipinski definition) is 4. The average molecular weight is 564 g/mol. The molecular weight excluding hydrogens is 522 g/mol. The molecule has 3 aromatic carbocycles. The SMILES string of the molecule is Cc1ccccc1CN(C(=O)CCCN(c1ccccc1)S(C)(=O)=O)[C@@H](Cc1ccccc1)C(=O)NCC(C)C. The Hall–Kier alpha value is -3.65. The molecule has 0 saturated carbocycles. The van der Waals surface area contributed by atoms with Crippen LogP contribution in [0.3, 0.4) is 0 Å². The van der Waals surface area contributed by atoms with Crippen LogP contribution < -0.4 is 9.62 Å². The molecule has 8 heteroatoms. The zero-order valence-electron chi connectivity index (χ0n) is 23.9. The number of rotatable bonds is 14. The lowest BCUT2D eigenvalue weighted by atomic mass is 10.0. The molecule has 0 aliphatic carbocycles. The molecule has 0 radical (unpaired) electrons. The van der Waals surface area contributed by atoms with Gasteiger partial charge in [0, 0.05) is 32.5 Å². The van der Waals surface area contributed by atoms with Crippen LogP contribution in [0.1, 0.15) is 43.4 Å². The van der Waals surface area contributed by atoms with Gasteiger partial charge in [0.05, 0.1) is 11.9 Å². The molecule has 7 nitrogen and oxygen atoms in total. The fourth-order valence-corrected chi connectivity index (χ4v) is 5.51. The molecule has 0 aliphatic heterocycles. The van der Waals surface area contributed by atoms with E-state index in [0.29, 0.717) is 25.1 Å². The standard InChI is InChI=1S/C32H41N3O4S/c1-25(2)23-33-32(37)30(22-27-15-7-5-8-16-27)34(24-28-17-12-11-14-26(28)3)31(36)20-13-21-35(40(4,38)39)29-18-9-6-10-19-29/h5-12,14-19,25,30H,13,20-24H2,1-4H3,(H,33,37)/t30-/m0/s1. The van der Waals surface area contributed by atoms with E-state index in [0.717, 1.165) is 16.7 Å². The molecule has 40 heavy (non-hydrogen) atoms. The van der Waals surface area contributed by atoms with Gasteiger partial charge < -0.3 is 10.2 Å². The molecule has 2 amide bonds. The number of nitrogens with one attached hydrogen (secondary N) is 1. The van der Waals surface area contributed by atoms with E-state index in [1.807, 2.05) is 81.4 Å². The van der Waals surface area contributed by atoms with Gasteiger partial charge in [-0.05, 0) is 48.1 Å². The van der Waals surface area contributed by atoms with Gasteiger partial charge in [0.25, 0.3) is 0 Å². The first-order valence-electron chi connectivity index (χ1n) is 13.7. The van der Waals surface area contributed by atoms with Crippen molar-refractivity contribution in [1.82, 2.24) is 10.2 Å². The number of carbonyl (C=O) groups is 2. The number of amides is 2. The van der Waals surface area contributed by atoms with Crippen molar-refractivity contribution in [3.63, 3.8) is 0 Å². The van der Waals surface area contributed by atoms with Crippen LogP contribution in [-0.4, -0.2) is 50.5 Å². The van der Waals surface area contributed by atoms with Crippen molar-refractivity contribution >= 4 is 27.5 Å². The molecule has 214 valence electrons. The van der Waals surface area contributed by atoms with Crippen LogP contribution in [0.2, 0.25) is 0 Å². The highest BCUT2D eigenvalue weighted by Gasteiger charge is 2.31. The highest BCUT2D eigenvalue weighted by atomic mass is 32.2. The normalized spacial score (nSPS) is 12.1. The molecule has 0 heterocycles. The van der Waals surface area contributed by atoms with Gasteiger partial charge in [0.15, 0.2) is 0 Å². The van der Waals surface area contributed by atoms with Crippen LogP contribution in [0.4, 0.5) is 5.69 Å². The van der Waals surface area contributed by atoms with Crippen LogP contribution in [0.5, 0.6) is 0 Å². The number of para-hydroxylation sites is 1. The molecule has 0 aromatic heterocycles. The summed E-state index contributed by atoms with van der Waals surface area (Å²) in [6.07, 6.45) is 1.97. The summed E-state index contributed by atoms with van der Waals surface area (Å²) in [4.78, 5) is 29.1. The predicted molar refractivity (Wildman–Crippen MR) is 161 cm³/mol. The van der Waals surface area contributed by atoms with E-state index >= 15 is 0 Å². The van der Waals surface area contributed by atoms with Crippen LogP contribution in [0.25, 0.3) is 0 Å². The Bertz CT molecular complexity index is 1340. The zero-order valence-corrected chi connectivity index (χ0v) is 24.7. The van der Waals surface area contributed by atoms with E-state index in [4.69, 9.17) is 0 Å². The van der Waals surface area contributed by atoms with Gasteiger partial charge in [0.2, 0.25) is 21.8 Å². The minimum atomic E-state index is -3.53. The fraction of sp³-hybridized carbons (Fsp3) is 0.375. The molecule has 3 rings (SSSR count). The van der Waals surface area contributed by atoms with Crippen molar-refractivity contribution in [2.45, 2.75) is 52.6 Å². The Morgan fingerprint density at radius 3 is 2.08 bits per heavy atom. The summed E-state index contributed by atoms with van der Waals surface area (Å²) >= 11 is 0. The van der Waals surface area contributed by atoms with E-state index in [9.17, 15) is 18.0 Å². The van der Waals surface area contributed by atoms with Gasteiger partial charge in [-0.2, -0.15) is 0 Å². The Kier molecular flexibility index (Phi) is 11.3. The summed E-state index contributed by atoms with van der Waals surface area (Å²) in [6.45, 7) is 7.01. The Morgan fingerprint density at radius 2 is 1.48 bits per heavy atom. The fourth-order valence-electron chi connectivity index (χ4n) is 4.55. The number of anilines is 1. The maximum absolute atomic E-state index is 13.9. The van der Waals surface area contributed by atoms with Crippen molar-refractivity contribution in [2.75, 3.05) is 23.7 Å². The molecule has 0 saturated heterocycles. The summed E-state index contributed by atoms with van der Waals surface area (Å²) in [5.41, 5.74) is 3.52. The lowest BCUT2D eigenvalue weighted by Gasteiger charge is -2.32. The first-order valence-corrected chi connectivity index (χ1v) is 15.6. The number of carbonyl (C=O) groups excluding carboxylic acids is 2. The largest absolute Gasteiger partial charge is 0.354 e. The number of benzene rings is 3. The van der Waals surface area contributed by atoms with Crippen LogP contribution in [0, 0.1) is 12.8 Å². The van der Waals surface area contributed by atoms with Gasteiger partial charge >= 0.3 is 0 Å². The topological polar surface area (TPSA) is 86.8 Å². The smallest absolute Gasteiger partial charge is 0.243 e. The molecule has 0 fully saturated rings. The second kappa shape index (κ2) is 14.7. The van der Waals surface area contributed by atoms with E-state index in [1.165, 1.54) is 10.6 Å². The summed E-state index contributed by atoms with van der Waals surface area (Å²) in [7, 11) is -3.53. The van der Waals surface area contributed by atoms with E-state index < -0.39 is 16.1 Å². The Labute approximate surface area is 239 Å². The van der Waals surface area contributed by atoms with Crippen molar-refractivity contribution in [2.24, 2.45) is 5.92 Å². The molecule has 3 aromatic rings. The highest BCUT2D eigenvalue weighted by Crippen LogP contribution is 2.21. The summed E-state index contributed by atoms with van der Waals surface area (Å²) in [6, 6.07) is 25.7. The van der Waals surface area contributed by atoms with Crippen LogP contribution >= 0.6 is 0 Å². The highest BCUT2D eigenvalue weighted by molar-refractivity contribution is 7.92. The third-order valence-corrected chi connectivity index (χ3v) is 7.95. The Morgan fingerprint density at radius 1 is 0.875 bits per heavy atom. The maximum Gasteiger partial charge on any atom is 0.243 e. The second-order valence-corrected chi connectivity index (χ2v) is 12.5. The zero-order chi connectivity index (χ0) is 29.1. The lowest BCUT2D eigenvalue weighted by Crippen LogP contribution is -2.51.